The summed E-state index contributed by atoms with van der Waals surface area (Å²) >= 11 is 7.40. The van der Waals surface area contributed by atoms with E-state index in [1.807, 2.05) is 0 Å². The van der Waals surface area contributed by atoms with Gasteiger partial charge < -0.3 is 11.1 Å². The van der Waals surface area contributed by atoms with Crippen molar-refractivity contribution in [2.75, 3.05) is 12.0 Å². The smallest absolute Gasteiger partial charge is 0.160 e. The fourth-order valence-electron chi connectivity index (χ4n) is 3.81. The standard InChI is InChI=1S/C19H15ClF2N6S/c20-9-3-14-16(24-6-9)17(26-8-25-14)27-10-1-2-13(22)11(4-10)19(7-21)12-5-15(12)29-18(23)28-19/h1-4,6,8,12,15H,5,7H2,(H2,23,28)(H,25,26,27)/t12?,15-,19+/m0/s1. The summed E-state index contributed by atoms with van der Waals surface area (Å²) in [5, 5.41) is 4.06. The number of fused-ring (bicyclic) bond motifs is 2. The molecule has 0 radical (unpaired) electrons. The number of thioether (sulfide) groups is 1. The van der Waals surface area contributed by atoms with Gasteiger partial charge >= 0.3 is 0 Å². The lowest BCUT2D eigenvalue weighted by atomic mass is 9.86. The number of nitrogens with two attached hydrogens (primary N) is 1. The molecule has 1 aromatic carbocycles. The van der Waals surface area contributed by atoms with Crippen molar-refractivity contribution >= 4 is 51.1 Å². The molecule has 1 unspecified atom stereocenters. The molecule has 29 heavy (non-hydrogen) atoms. The van der Waals surface area contributed by atoms with E-state index < -0.39 is 18.0 Å². The number of benzene rings is 1. The number of pyridine rings is 1. The van der Waals surface area contributed by atoms with Crippen LogP contribution in [0.5, 0.6) is 0 Å². The zero-order chi connectivity index (χ0) is 20.2. The first kappa shape index (κ1) is 18.5. The molecule has 2 aliphatic rings. The van der Waals surface area contributed by atoms with Gasteiger partial charge in [-0.25, -0.2) is 28.7 Å². The quantitative estimate of drug-likeness (QED) is 0.643. The zero-order valence-electron chi connectivity index (χ0n) is 14.9. The number of rotatable bonds is 4. The number of nitrogens with one attached hydrogen (secondary N) is 1. The summed E-state index contributed by atoms with van der Waals surface area (Å²) in [5.74, 6) is -0.150. The van der Waals surface area contributed by atoms with E-state index in [1.54, 1.807) is 18.2 Å². The van der Waals surface area contributed by atoms with Crippen molar-refractivity contribution in [3.8, 4) is 0 Å². The molecule has 1 aliphatic heterocycles. The maximum atomic E-state index is 14.8. The summed E-state index contributed by atoms with van der Waals surface area (Å²) in [5.41, 5.74) is 6.42. The van der Waals surface area contributed by atoms with Gasteiger partial charge in [0.05, 0.1) is 10.5 Å². The van der Waals surface area contributed by atoms with Gasteiger partial charge in [-0.3, -0.25) is 0 Å². The first-order valence-corrected chi connectivity index (χ1v) is 10.2. The first-order valence-electron chi connectivity index (χ1n) is 8.91. The highest BCUT2D eigenvalue weighted by Gasteiger charge is 2.58. The van der Waals surface area contributed by atoms with Gasteiger partial charge in [0.15, 0.2) is 11.0 Å². The van der Waals surface area contributed by atoms with Crippen molar-refractivity contribution in [3.05, 3.63) is 53.2 Å². The lowest BCUT2D eigenvalue weighted by Crippen LogP contribution is -2.36. The van der Waals surface area contributed by atoms with Crippen LogP contribution in [0.4, 0.5) is 20.3 Å². The number of aliphatic imine (C=N–C) groups is 1. The molecule has 0 bridgehead atoms. The van der Waals surface area contributed by atoms with Crippen LogP contribution in [0.3, 0.4) is 0 Å². The largest absolute Gasteiger partial charge is 0.379 e. The number of amidine groups is 1. The molecule has 3 aromatic rings. The van der Waals surface area contributed by atoms with Crippen molar-refractivity contribution in [2.24, 2.45) is 16.6 Å². The van der Waals surface area contributed by atoms with Gasteiger partial charge in [-0.15, -0.1) is 0 Å². The Morgan fingerprint density at radius 1 is 1.28 bits per heavy atom. The van der Waals surface area contributed by atoms with Gasteiger partial charge in [-0.05, 0) is 30.7 Å². The molecule has 0 saturated heterocycles. The highest BCUT2D eigenvalue weighted by molar-refractivity contribution is 8.14. The minimum atomic E-state index is -1.29. The van der Waals surface area contributed by atoms with Crippen LogP contribution in [0, 0.1) is 11.7 Å². The normalized spacial score (nSPS) is 25.4. The summed E-state index contributed by atoms with van der Waals surface area (Å²) in [6.45, 7) is -0.813. The lowest BCUT2D eigenvalue weighted by molar-refractivity contribution is 0.272. The van der Waals surface area contributed by atoms with Gasteiger partial charge in [0.25, 0.3) is 0 Å². The van der Waals surface area contributed by atoms with Crippen LogP contribution in [-0.4, -0.2) is 32.0 Å². The van der Waals surface area contributed by atoms with E-state index >= 15 is 0 Å². The minimum absolute atomic E-state index is 0.0711. The SMILES string of the molecule is NC1=N[C@](CF)(c2cc(Nc3ncnc4cc(Cl)cnc34)ccc2F)C2C[C@@H]2S1. The van der Waals surface area contributed by atoms with Crippen molar-refractivity contribution in [1.29, 1.82) is 0 Å². The van der Waals surface area contributed by atoms with Gasteiger partial charge in [0, 0.05) is 28.6 Å². The van der Waals surface area contributed by atoms with E-state index in [9.17, 15) is 8.78 Å². The van der Waals surface area contributed by atoms with Crippen molar-refractivity contribution < 1.29 is 8.78 Å². The molecule has 0 amide bonds. The molecule has 2 aromatic heterocycles. The number of aromatic nitrogens is 3. The second-order valence-electron chi connectivity index (χ2n) is 7.07. The van der Waals surface area contributed by atoms with E-state index in [-0.39, 0.29) is 16.7 Å². The Kier molecular flexibility index (Phi) is 4.32. The maximum absolute atomic E-state index is 14.8. The Hall–Kier alpha value is -2.52. The Bertz CT molecular complexity index is 1160. The predicted molar refractivity (Wildman–Crippen MR) is 111 cm³/mol. The molecule has 3 heterocycles. The number of halogens is 3. The summed E-state index contributed by atoms with van der Waals surface area (Å²) < 4.78 is 29.0. The summed E-state index contributed by atoms with van der Waals surface area (Å²) in [7, 11) is 0. The molecule has 5 rings (SSSR count). The van der Waals surface area contributed by atoms with Crippen LogP contribution < -0.4 is 11.1 Å². The molecular weight excluding hydrogens is 418 g/mol. The third-order valence-corrected chi connectivity index (χ3v) is 6.63. The first-order chi connectivity index (χ1) is 14.0. The number of hydrogen-bond donors (Lipinski definition) is 2. The van der Waals surface area contributed by atoms with Gasteiger partial charge in [0.1, 0.15) is 29.9 Å². The van der Waals surface area contributed by atoms with Crippen molar-refractivity contribution in [1.82, 2.24) is 15.0 Å². The van der Waals surface area contributed by atoms with Gasteiger partial charge in [-0.2, -0.15) is 0 Å². The van der Waals surface area contributed by atoms with E-state index in [0.717, 1.165) is 6.42 Å². The number of hydrogen-bond acceptors (Lipinski definition) is 7. The molecular formula is C19H15ClF2N6S. The second-order valence-corrected chi connectivity index (χ2v) is 8.77. The van der Waals surface area contributed by atoms with E-state index in [0.29, 0.717) is 32.7 Å². The third kappa shape index (κ3) is 3.08. The molecule has 1 saturated carbocycles. The highest BCUT2D eigenvalue weighted by atomic mass is 35.5. The number of alkyl halides is 1. The molecule has 10 heteroatoms. The third-order valence-electron chi connectivity index (χ3n) is 5.27. The summed E-state index contributed by atoms with van der Waals surface area (Å²) in [6, 6.07) is 6.10. The zero-order valence-corrected chi connectivity index (χ0v) is 16.5. The van der Waals surface area contributed by atoms with Gasteiger partial charge in [-0.1, -0.05) is 23.4 Å². The molecule has 148 valence electrons. The van der Waals surface area contributed by atoms with E-state index in [2.05, 4.69) is 25.3 Å². The molecule has 3 atom stereocenters. The van der Waals surface area contributed by atoms with Crippen LogP contribution in [0.15, 0.2) is 41.8 Å². The highest BCUT2D eigenvalue weighted by Crippen LogP contribution is 2.58. The fourth-order valence-corrected chi connectivity index (χ4v) is 5.18. The van der Waals surface area contributed by atoms with Crippen LogP contribution in [0.25, 0.3) is 11.0 Å². The van der Waals surface area contributed by atoms with E-state index in [1.165, 1.54) is 30.4 Å². The molecule has 0 spiro atoms. The van der Waals surface area contributed by atoms with Crippen LogP contribution in [0.2, 0.25) is 5.02 Å². The van der Waals surface area contributed by atoms with Crippen LogP contribution >= 0.6 is 23.4 Å². The molecule has 1 fully saturated rings. The fraction of sp³-hybridized carbons (Fsp3) is 0.263. The van der Waals surface area contributed by atoms with Crippen LogP contribution in [-0.2, 0) is 5.54 Å². The van der Waals surface area contributed by atoms with Crippen molar-refractivity contribution in [2.45, 2.75) is 17.2 Å². The molecule has 6 nitrogen and oxygen atoms in total. The molecule has 1 aliphatic carbocycles. The Morgan fingerprint density at radius 3 is 2.97 bits per heavy atom. The summed E-state index contributed by atoms with van der Waals surface area (Å²) in [6.07, 6.45) is 3.64. The van der Waals surface area contributed by atoms with Crippen LogP contribution in [0.1, 0.15) is 12.0 Å². The molecule has 3 N–H and O–H groups in total. The van der Waals surface area contributed by atoms with Crippen molar-refractivity contribution in [3.63, 3.8) is 0 Å². The lowest BCUT2D eigenvalue weighted by Gasteiger charge is -2.31. The monoisotopic (exact) mass is 432 g/mol. The Labute approximate surface area is 174 Å². The Balaban J connectivity index is 1.57. The topological polar surface area (TPSA) is 89.1 Å². The average molecular weight is 433 g/mol. The maximum Gasteiger partial charge on any atom is 0.160 e. The van der Waals surface area contributed by atoms with Gasteiger partial charge in [0.2, 0.25) is 0 Å². The predicted octanol–water partition coefficient (Wildman–Crippen LogP) is 4.18. The number of nitrogens with zero attached hydrogens (tertiary/aromatic N) is 4. The number of anilines is 2. The Morgan fingerprint density at radius 2 is 2.14 bits per heavy atom. The average Bonchev–Trinajstić information content (AvgIpc) is 3.48. The second kappa shape index (κ2) is 6.77. The minimum Gasteiger partial charge on any atom is -0.379 e. The summed E-state index contributed by atoms with van der Waals surface area (Å²) in [4.78, 5) is 17.0. The van der Waals surface area contributed by atoms with E-state index in [4.69, 9.17) is 17.3 Å².